The van der Waals surface area contributed by atoms with Gasteiger partial charge < -0.3 is 5.11 Å². The first-order chi connectivity index (χ1) is 20.2. The fourth-order valence-corrected chi connectivity index (χ4v) is 7.34. The lowest BCUT2D eigenvalue weighted by Crippen LogP contribution is -2.39. The molecule has 3 aromatic rings. The minimum atomic E-state index is -1.01. The lowest BCUT2D eigenvalue weighted by molar-refractivity contribution is -0.141. The number of anilines is 2. The average Bonchev–Trinajstić information content (AvgIpc) is 3.51. The number of pyridine rings is 1. The smallest absolute Gasteiger partial charge is 0.304 e. The van der Waals surface area contributed by atoms with Crippen molar-refractivity contribution in [3.05, 3.63) is 46.2 Å². The van der Waals surface area contributed by atoms with Crippen LogP contribution in [-0.2, 0) is 20.8 Å². The van der Waals surface area contributed by atoms with Crippen LogP contribution in [0.1, 0.15) is 63.4 Å². The molecule has 1 N–H and O–H groups in total. The van der Waals surface area contributed by atoms with Gasteiger partial charge in [-0.25, -0.2) is 9.97 Å². The summed E-state index contributed by atoms with van der Waals surface area (Å²) in [7, 11) is 1.70. The summed E-state index contributed by atoms with van der Waals surface area (Å²) in [6.07, 6.45) is 8.64. The molecule has 1 aliphatic heterocycles. The SMILES string of the molecule is CN1C(=O)CCc2cc(-c3ccc(Cl)cc3-c3nc(N(C(=O)[C@@H](CC(=O)O)CC4CCCC4)C4CC4)sc3F)cnc21. The third-order valence-electron chi connectivity index (χ3n) is 8.58. The van der Waals surface area contributed by atoms with Crippen molar-refractivity contribution in [2.75, 3.05) is 16.8 Å². The van der Waals surface area contributed by atoms with Gasteiger partial charge in [-0.3, -0.25) is 24.2 Å². The lowest BCUT2D eigenvalue weighted by atomic mass is 9.90. The summed E-state index contributed by atoms with van der Waals surface area (Å²) < 4.78 is 15.8. The average molecular weight is 611 g/mol. The second-order valence-corrected chi connectivity index (χ2v) is 13.0. The number of halogens is 2. The van der Waals surface area contributed by atoms with Crippen molar-refractivity contribution in [2.24, 2.45) is 11.8 Å². The zero-order valence-corrected chi connectivity index (χ0v) is 24.9. The van der Waals surface area contributed by atoms with Crippen LogP contribution in [0.15, 0.2) is 30.5 Å². The number of carboxylic acid groups (broad SMARTS) is 1. The molecular formula is C31H32ClFN4O4S. The second kappa shape index (κ2) is 11.7. The molecule has 3 aliphatic rings. The van der Waals surface area contributed by atoms with Crippen LogP contribution in [0.3, 0.4) is 0 Å². The van der Waals surface area contributed by atoms with Crippen LogP contribution in [0.25, 0.3) is 22.4 Å². The number of hydrogen-bond acceptors (Lipinski definition) is 6. The summed E-state index contributed by atoms with van der Waals surface area (Å²) in [4.78, 5) is 50.0. The Morgan fingerprint density at radius 1 is 1.17 bits per heavy atom. The molecule has 2 amide bonds. The zero-order valence-electron chi connectivity index (χ0n) is 23.3. The molecular weight excluding hydrogens is 579 g/mol. The van der Waals surface area contributed by atoms with Crippen LogP contribution < -0.4 is 9.80 Å². The number of thiazole rings is 1. The van der Waals surface area contributed by atoms with E-state index < -0.39 is 17.0 Å². The minimum Gasteiger partial charge on any atom is -0.481 e. The molecule has 2 saturated carbocycles. The first-order valence-corrected chi connectivity index (χ1v) is 15.7. The molecule has 1 aromatic carbocycles. The van der Waals surface area contributed by atoms with E-state index in [1.807, 2.05) is 6.07 Å². The Hall–Kier alpha value is -3.37. The van der Waals surface area contributed by atoms with Crippen molar-refractivity contribution >= 4 is 51.7 Å². The predicted octanol–water partition coefficient (Wildman–Crippen LogP) is 6.74. The number of benzene rings is 1. The Kier molecular flexibility index (Phi) is 8.02. The summed E-state index contributed by atoms with van der Waals surface area (Å²) in [5.74, 6) is -1.01. The summed E-state index contributed by atoms with van der Waals surface area (Å²) in [6.45, 7) is 0. The van der Waals surface area contributed by atoms with Gasteiger partial charge in [0.2, 0.25) is 16.9 Å². The monoisotopic (exact) mass is 610 g/mol. The molecule has 2 aromatic heterocycles. The van der Waals surface area contributed by atoms with Crippen LogP contribution in [-0.4, -0.2) is 45.9 Å². The number of amides is 2. The molecule has 0 saturated heterocycles. The van der Waals surface area contributed by atoms with Crippen LogP contribution in [0.4, 0.5) is 15.3 Å². The number of aryl methyl sites for hydroxylation is 1. The van der Waals surface area contributed by atoms with E-state index in [-0.39, 0.29) is 35.1 Å². The molecule has 0 radical (unpaired) electrons. The van der Waals surface area contributed by atoms with Gasteiger partial charge in [-0.1, -0.05) is 54.7 Å². The molecule has 0 bridgehead atoms. The van der Waals surface area contributed by atoms with E-state index in [0.29, 0.717) is 47.1 Å². The van der Waals surface area contributed by atoms with E-state index in [1.165, 1.54) is 0 Å². The van der Waals surface area contributed by atoms with Gasteiger partial charge in [0.25, 0.3) is 0 Å². The van der Waals surface area contributed by atoms with Gasteiger partial charge in [-0.05, 0) is 60.9 Å². The molecule has 3 heterocycles. The van der Waals surface area contributed by atoms with E-state index in [9.17, 15) is 19.5 Å². The van der Waals surface area contributed by atoms with Crippen molar-refractivity contribution in [3.8, 4) is 22.4 Å². The van der Waals surface area contributed by atoms with Gasteiger partial charge in [0.1, 0.15) is 11.5 Å². The fraction of sp³-hybridized carbons (Fsp3) is 0.452. The predicted molar refractivity (Wildman–Crippen MR) is 160 cm³/mol. The van der Waals surface area contributed by atoms with Gasteiger partial charge in [-0.15, -0.1) is 0 Å². The molecule has 8 nitrogen and oxygen atoms in total. The van der Waals surface area contributed by atoms with Crippen LogP contribution in [0, 0.1) is 17.0 Å². The lowest BCUT2D eigenvalue weighted by Gasteiger charge is -2.26. The Balaban J connectivity index is 1.35. The minimum absolute atomic E-state index is 0.00982. The standard InChI is InChI=1S/C31H32ClFN4O4S/c1-36-25(38)11-6-18-13-20(16-34-29(18)36)23-10-7-21(32)15-24(23)27-28(33)42-31(35-27)37(22-8-9-22)30(41)19(14-26(39)40)12-17-4-2-3-5-17/h7,10,13,15-17,19,22H,2-6,8-9,11-12,14H2,1H3,(H,39,40)/t19-/m1/s1. The summed E-state index contributed by atoms with van der Waals surface area (Å²) in [6, 6.07) is 7.03. The van der Waals surface area contributed by atoms with Crippen molar-refractivity contribution < 1.29 is 23.9 Å². The topological polar surface area (TPSA) is 104 Å². The third-order valence-corrected chi connectivity index (χ3v) is 9.66. The van der Waals surface area contributed by atoms with Crippen molar-refractivity contribution in [1.29, 1.82) is 0 Å². The van der Waals surface area contributed by atoms with Gasteiger partial charge >= 0.3 is 5.97 Å². The van der Waals surface area contributed by atoms with Crippen molar-refractivity contribution in [2.45, 2.75) is 70.3 Å². The van der Waals surface area contributed by atoms with Gasteiger partial charge in [-0.2, -0.15) is 4.39 Å². The number of carboxylic acids is 1. The molecule has 0 spiro atoms. The number of rotatable bonds is 9. The van der Waals surface area contributed by atoms with E-state index in [2.05, 4.69) is 9.97 Å². The number of nitrogens with zero attached hydrogens (tertiary/aromatic N) is 4. The summed E-state index contributed by atoms with van der Waals surface area (Å²) in [5, 5.41) is 9.70. The Labute approximate surface area is 252 Å². The quantitative estimate of drug-likeness (QED) is 0.288. The van der Waals surface area contributed by atoms with Crippen LogP contribution >= 0.6 is 22.9 Å². The normalized spacial score (nSPS) is 17.8. The Bertz CT molecular complexity index is 1550. The molecule has 1 atom stereocenters. The summed E-state index contributed by atoms with van der Waals surface area (Å²) in [5.41, 5.74) is 2.90. The molecule has 42 heavy (non-hydrogen) atoms. The molecule has 220 valence electrons. The molecule has 2 aliphatic carbocycles. The maximum Gasteiger partial charge on any atom is 0.304 e. The molecule has 11 heteroatoms. The van der Waals surface area contributed by atoms with Gasteiger partial charge in [0, 0.05) is 47.8 Å². The van der Waals surface area contributed by atoms with Crippen LogP contribution in [0.5, 0.6) is 0 Å². The number of aliphatic carboxylic acids is 1. The maximum atomic E-state index is 15.8. The molecule has 0 unspecified atom stereocenters. The molecule has 2 fully saturated rings. The number of fused-ring (bicyclic) bond motifs is 1. The first kappa shape index (κ1) is 28.7. The van der Waals surface area contributed by atoms with E-state index >= 15 is 4.39 Å². The van der Waals surface area contributed by atoms with Crippen molar-refractivity contribution in [3.63, 3.8) is 0 Å². The van der Waals surface area contributed by atoms with Crippen LogP contribution in [0.2, 0.25) is 5.02 Å². The number of carbonyl (C=O) groups excluding carboxylic acids is 2. The number of aromatic nitrogens is 2. The highest BCUT2D eigenvalue weighted by molar-refractivity contribution is 7.14. The number of hydrogen-bond donors (Lipinski definition) is 1. The zero-order chi connectivity index (χ0) is 29.5. The third kappa shape index (κ3) is 5.79. The largest absolute Gasteiger partial charge is 0.481 e. The second-order valence-electron chi connectivity index (χ2n) is 11.6. The Morgan fingerprint density at radius 3 is 2.64 bits per heavy atom. The highest BCUT2D eigenvalue weighted by atomic mass is 35.5. The van der Waals surface area contributed by atoms with Gasteiger partial charge in [0.15, 0.2) is 5.13 Å². The van der Waals surface area contributed by atoms with E-state index in [1.54, 1.807) is 41.2 Å². The Morgan fingerprint density at radius 2 is 1.93 bits per heavy atom. The molecule has 6 rings (SSSR count). The highest BCUT2D eigenvalue weighted by Gasteiger charge is 2.40. The fourth-order valence-electron chi connectivity index (χ4n) is 6.28. The van der Waals surface area contributed by atoms with E-state index in [0.717, 1.165) is 61.0 Å². The van der Waals surface area contributed by atoms with Crippen molar-refractivity contribution in [1.82, 2.24) is 9.97 Å². The highest BCUT2D eigenvalue weighted by Crippen LogP contribution is 2.43. The summed E-state index contributed by atoms with van der Waals surface area (Å²) >= 11 is 7.18. The van der Waals surface area contributed by atoms with E-state index in [4.69, 9.17) is 11.6 Å². The number of carbonyl (C=O) groups is 3. The first-order valence-electron chi connectivity index (χ1n) is 14.5. The van der Waals surface area contributed by atoms with Gasteiger partial charge in [0.05, 0.1) is 6.42 Å². The maximum absolute atomic E-state index is 15.8.